The van der Waals surface area contributed by atoms with Gasteiger partial charge >= 0.3 is 0 Å². The molecule has 0 unspecified atom stereocenters. The van der Waals surface area contributed by atoms with Gasteiger partial charge in [-0.1, -0.05) is 38.4 Å². The third kappa shape index (κ3) is 2.16. The Morgan fingerprint density at radius 2 is 1.80 bits per heavy atom. The molecule has 0 fully saturated rings. The van der Waals surface area contributed by atoms with Gasteiger partial charge in [-0.2, -0.15) is 0 Å². The number of halogens is 1. The molecule has 0 aliphatic heterocycles. The highest BCUT2D eigenvalue weighted by atomic mass is 35.5. The quantitative estimate of drug-likeness (QED) is 0.554. The van der Waals surface area contributed by atoms with Gasteiger partial charge in [0.2, 0.25) is 5.69 Å². The van der Waals surface area contributed by atoms with Crippen molar-refractivity contribution >= 4 is 17.3 Å². The molecular weight excluding hydrogens is 206 g/mol. The van der Waals surface area contributed by atoms with Gasteiger partial charge in [-0.15, -0.1) is 0 Å². The zero-order valence-electron chi connectivity index (χ0n) is 9.90. The van der Waals surface area contributed by atoms with Gasteiger partial charge in [-0.3, -0.25) is 0 Å². The van der Waals surface area contributed by atoms with Crippen molar-refractivity contribution in [2.75, 3.05) is 0 Å². The average Bonchev–Trinajstić information content (AvgIpc) is 2.10. The Balaban J connectivity index is 3.57. The van der Waals surface area contributed by atoms with Crippen molar-refractivity contribution < 1.29 is 0 Å². The number of nitrogens with zero attached hydrogens (tertiary/aromatic N) is 1. The molecule has 0 aromatic heterocycles. The molecule has 0 radical (unpaired) electrons. The van der Waals surface area contributed by atoms with Crippen LogP contribution in [0.5, 0.6) is 0 Å². The smallest absolute Gasteiger partial charge is 0.208 e. The molecule has 0 N–H and O–H groups in total. The maximum absolute atomic E-state index is 7.09. The van der Waals surface area contributed by atoms with E-state index in [0.717, 1.165) is 11.1 Å². The summed E-state index contributed by atoms with van der Waals surface area (Å²) in [6.07, 6.45) is 0. The molecule has 0 bridgehead atoms. The Morgan fingerprint density at radius 3 is 2.20 bits per heavy atom. The molecule has 0 saturated heterocycles. The summed E-state index contributed by atoms with van der Waals surface area (Å²) in [5, 5.41) is 0.606. The third-order valence-corrected chi connectivity index (χ3v) is 3.06. The maximum atomic E-state index is 7.09. The van der Waals surface area contributed by atoms with Crippen LogP contribution in [0.1, 0.15) is 37.5 Å². The molecule has 1 aromatic rings. The van der Waals surface area contributed by atoms with Gasteiger partial charge in [0.25, 0.3) is 0 Å². The number of rotatable bonds is 0. The Kier molecular flexibility index (Phi) is 3.11. The van der Waals surface area contributed by atoms with E-state index in [1.165, 1.54) is 5.56 Å². The molecule has 1 nitrogen and oxygen atoms in total. The van der Waals surface area contributed by atoms with Crippen LogP contribution in [0, 0.1) is 20.4 Å². The van der Waals surface area contributed by atoms with Gasteiger partial charge in [-0.25, -0.2) is 4.85 Å². The van der Waals surface area contributed by atoms with E-state index in [-0.39, 0.29) is 5.41 Å². The Hall–Kier alpha value is -1.00. The molecule has 0 aliphatic carbocycles. The van der Waals surface area contributed by atoms with E-state index < -0.39 is 0 Å². The normalized spacial score (nSPS) is 11.3. The first kappa shape index (κ1) is 12.1. The van der Waals surface area contributed by atoms with Gasteiger partial charge in [0.15, 0.2) is 0 Å². The number of benzene rings is 1. The van der Waals surface area contributed by atoms with Crippen LogP contribution >= 0.6 is 11.6 Å². The highest BCUT2D eigenvalue weighted by molar-refractivity contribution is 6.34. The molecule has 0 heterocycles. The molecule has 2 heteroatoms. The fourth-order valence-electron chi connectivity index (χ4n) is 1.78. The summed E-state index contributed by atoms with van der Waals surface area (Å²) in [4.78, 5) is 3.47. The van der Waals surface area contributed by atoms with Crippen molar-refractivity contribution in [3.63, 3.8) is 0 Å². The summed E-state index contributed by atoms with van der Waals surface area (Å²) in [6.45, 7) is 17.5. The van der Waals surface area contributed by atoms with Crippen molar-refractivity contribution in [3.05, 3.63) is 39.2 Å². The Morgan fingerprint density at radius 1 is 1.27 bits per heavy atom. The summed E-state index contributed by atoms with van der Waals surface area (Å²) < 4.78 is 0. The minimum Gasteiger partial charge on any atom is -0.236 e. The van der Waals surface area contributed by atoms with E-state index >= 15 is 0 Å². The largest absolute Gasteiger partial charge is 0.236 e. The van der Waals surface area contributed by atoms with E-state index in [1.54, 1.807) is 0 Å². The standard InChI is InChI=1S/C13H16ClN/c1-8-7-10(13(3,4)5)9(2)11(14)12(8)15-6/h7H,1-5H3. The zero-order chi connectivity index (χ0) is 11.8. The van der Waals surface area contributed by atoms with Gasteiger partial charge < -0.3 is 0 Å². The minimum atomic E-state index is 0.0685. The monoisotopic (exact) mass is 221 g/mol. The lowest BCUT2D eigenvalue weighted by atomic mass is 9.83. The van der Waals surface area contributed by atoms with E-state index in [2.05, 4.69) is 31.7 Å². The van der Waals surface area contributed by atoms with Crippen molar-refractivity contribution in [1.29, 1.82) is 0 Å². The summed E-state index contributed by atoms with van der Waals surface area (Å²) >= 11 is 6.20. The Bertz CT molecular complexity index is 433. The third-order valence-electron chi connectivity index (χ3n) is 2.60. The van der Waals surface area contributed by atoms with Gasteiger partial charge in [0.1, 0.15) is 0 Å². The second-order valence-electron chi connectivity index (χ2n) is 4.89. The summed E-state index contributed by atoms with van der Waals surface area (Å²) in [7, 11) is 0. The SMILES string of the molecule is [C-]#[N+]c1c(C)cc(C(C)(C)C)c(C)c1Cl. The number of aryl methyl sites for hydroxylation is 1. The van der Waals surface area contributed by atoms with Crippen LogP contribution < -0.4 is 0 Å². The number of hydrogen-bond acceptors (Lipinski definition) is 0. The van der Waals surface area contributed by atoms with Crippen LogP contribution in [0.15, 0.2) is 6.07 Å². The van der Waals surface area contributed by atoms with Crippen LogP contribution in [-0.4, -0.2) is 0 Å². The first-order valence-corrected chi connectivity index (χ1v) is 5.34. The molecule has 1 rings (SSSR count). The molecular formula is C13H16ClN. The predicted molar refractivity (Wildman–Crippen MR) is 65.9 cm³/mol. The molecule has 0 spiro atoms. The first-order valence-electron chi connectivity index (χ1n) is 4.96. The predicted octanol–water partition coefficient (Wildman–Crippen LogP) is 4.81. The first-order chi connectivity index (χ1) is 6.79. The van der Waals surface area contributed by atoms with Crippen molar-refractivity contribution in [2.45, 2.75) is 40.0 Å². The molecule has 1 aromatic carbocycles. The second kappa shape index (κ2) is 3.87. The molecule has 80 valence electrons. The van der Waals surface area contributed by atoms with Gasteiger partial charge in [0, 0.05) is 0 Å². The van der Waals surface area contributed by atoms with Crippen LogP contribution in [0.2, 0.25) is 5.02 Å². The van der Waals surface area contributed by atoms with Gasteiger partial charge in [-0.05, 0) is 36.0 Å². The highest BCUT2D eigenvalue weighted by Crippen LogP contribution is 2.38. The fourth-order valence-corrected chi connectivity index (χ4v) is 2.07. The lowest BCUT2D eigenvalue weighted by Crippen LogP contribution is -2.13. The van der Waals surface area contributed by atoms with Crippen molar-refractivity contribution in [1.82, 2.24) is 0 Å². The second-order valence-corrected chi connectivity index (χ2v) is 5.27. The Labute approximate surface area is 96.9 Å². The summed E-state index contributed by atoms with van der Waals surface area (Å²) in [5.74, 6) is 0. The molecule has 0 aliphatic rings. The van der Waals surface area contributed by atoms with Crippen LogP contribution in [0.3, 0.4) is 0 Å². The molecule has 0 amide bonds. The van der Waals surface area contributed by atoms with E-state index in [9.17, 15) is 0 Å². The van der Waals surface area contributed by atoms with Crippen LogP contribution in [-0.2, 0) is 5.41 Å². The topological polar surface area (TPSA) is 4.36 Å². The maximum Gasteiger partial charge on any atom is 0.208 e. The molecule has 0 saturated carbocycles. The molecule has 15 heavy (non-hydrogen) atoms. The minimum absolute atomic E-state index is 0.0685. The van der Waals surface area contributed by atoms with Crippen LogP contribution in [0.25, 0.3) is 4.85 Å². The zero-order valence-corrected chi connectivity index (χ0v) is 10.7. The lowest BCUT2D eigenvalue weighted by molar-refractivity contribution is 0.586. The lowest BCUT2D eigenvalue weighted by Gasteiger charge is -2.23. The van der Waals surface area contributed by atoms with Crippen molar-refractivity contribution in [2.24, 2.45) is 0 Å². The summed E-state index contributed by atoms with van der Waals surface area (Å²) in [5.41, 5.74) is 3.87. The van der Waals surface area contributed by atoms with Gasteiger partial charge in [0.05, 0.1) is 11.6 Å². The van der Waals surface area contributed by atoms with Crippen molar-refractivity contribution in [3.8, 4) is 0 Å². The average molecular weight is 222 g/mol. The van der Waals surface area contributed by atoms with E-state index in [0.29, 0.717) is 10.7 Å². The number of hydrogen-bond donors (Lipinski definition) is 0. The molecule has 0 atom stereocenters. The van der Waals surface area contributed by atoms with Crippen LogP contribution in [0.4, 0.5) is 5.69 Å². The highest BCUT2D eigenvalue weighted by Gasteiger charge is 2.20. The summed E-state index contributed by atoms with van der Waals surface area (Å²) in [6, 6.07) is 2.08. The fraction of sp³-hybridized carbons (Fsp3) is 0.462. The van der Waals surface area contributed by atoms with E-state index in [1.807, 2.05) is 13.8 Å². The van der Waals surface area contributed by atoms with E-state index in [4.69, 9.17) is 18.2 Å².